The van der Waals surface area contributed by atoms with Gasteiger partial charge in [-0.1, -0.05) is 28.1 Å². The summed E-state index contributed by atoms with van der Waals surface area (Å²) in [5.74, 6) is -0.0798. The van der Waals surface area contributed by atoms with Crippen LogP contribution in [0.2, 0.25) is 0 Å². The number of nitrogens with one attached hydrogen (secondary N) is 1. The molecule has 0 aliphatic heterocycles. The van der Waals surface area contributed by atoms with Crippen molar-refractivity contribution in [1.82, 2.24) is 14.7 Å². The lowest BCUT2D eigenvalue weighted by Crippen LogP contribution is -2.28. The molecule has 2 aromatic heterocycles. The third-order valence-electron chi connectivity index (χ3n) is 4.37. The Kier molecular flexibility index (Phi) is 3.45. The Balaban J connectivity index is 1.62. The predicted molar refractivity (Wildman–Crippen MR) is 92.6 cm³/mol. The maximum atomic E-state index is 12.7. The van der Waals surface area contributed by atoms with Gasteiger partial charge in [0.25, 0.3) is 5.91 Å². The number of pyridine rings is 1. The first-order valence-corrected chi connectivity index (χ1v) is 8.44. The molecular weight excluding hydrogens is 354 g/mol. The molecule has 2 heterocycles. The predicted octanol–water partition coefficient (Wildman–Crippen LogP) is 3.82. The molecular formula is C18H16BrN3O. The van der Waals surface area contributed by atoms with Gasteiger partial charge in [-0.2, -0.15) is 0 Å². The van der Waals surface area contributed by atoms with E-state index in [0.717, 1.165) is 28.5 Å². The molecule has 5 heteroatoms. The normalized spacial score (nSPS) is 16.5. The van der Waals surface area contributed by atoms with E-state index in [1.165, 1.54) is 11.1 Å². The summed E-state index contributed by atoms with van der Waals surface area (Å²) in [6.07, 6.45) is 5.51. The smallest absolute Gasteiger partial charge is 0.270 e. The molecule has 0 saturated carbocycles. The van der Waals surface area contributed by atoms with Crippen molar-refractivity contribution < 1.29 is 4.79 Å². The zero-order valence-corrected chi connectivity index (χ0v) is 14.3. The second kappa shape index (κ2) is 5.49. The number of benzene rings is 1. The van der Waals surface area contributed by atoms with Crippen molar-refractivity contribution in [2.24, 2.45) is 0 Å². The SMILES string of the molecule is Cc1ccc2ncc(C(=O)N[C@@H]3CCc4cc(Br)ccc43)n2c1. The highest BCUT2D eigenvalue weighted by molar-refractivity contribution is 9.10. The number of aromatic nitrogens is 2. The Bertz CT molecular complexity index is 916. The summed E-state index contributed by atoms with van der Waals surface area (Å²) in [5.41, 5.74) is 4.98. The van der Waals surface area contributed by atoms with Gasteiger partial charge in [-0.05, 0) is 54.7 Å². The molecule has 4 nitrogen and oxygen atoms in total. The molecule has 4 rings (SSSR count). The summed E-state index contributed by atoms with van der Waals surface area (Å²) in [5, 5.41) is 3.15. The topological polar surface area (TPSA) is 46.4 Å². The first-order valence-electron chi connectivity index (χ1n) is 7.65. The maximum Gasteiger partial charge on any atom is 0.270 e. The van der Waals surface area contributed by atoms with Crippen LogP contribution < -0.4 is 5.32 Å². The number of aryl methyl sites for hydroxylation is 2. The van der Waals surface area contributed by atoms with Crippen molar-refractivity contribution in [1.29, 1.82) is 0 Å². The van der Waals surface area contributed by atoms with E-state index >= 15 is 0 Å². The second-order valence-corrected chi connectivity index (χ2v) is 6.90. The number of amides is 1. The maximum absolute atomic E-state index is 12.7. The first-order chi connectivity index (χ1) is 11.1. The molecule has 0 fully saturated rings. The van der Waals surface area contributed by atoms with Crippen LogP contribution in [-0.2, 0) is 6.42 Å². The summed E-state index contributed by atoms with van der Waals surface area (Å²) >= 11 is 3.50. The van der Waals surface area contributed by atoms with Gasteiger partial charge in [-0.15, -0.1) is 0 Å². The Morgan fingerprint density at radius 1 is 1.35 bits per heavy atom. The van der Waals surface area contributed by atoms with Gasteiger partial charge in [0.1, 0.15) is 11.3 Å². The fourth-order valence-electron chi connectivity index (χ4n) is 3.22. The average molecular weight is 370 g/mol. The Morgan fingerprint density at radius 2 is 2.22 bits per heavy atom. The lowest BCUT2D eigenvalue weighted by molar-refractivity contribution is 0.0931. The molecule has 1 amide bonds. The lowest BCUT2D eigenvalue weighted by atomic mass is 10.1. The minimum Gasteiger partial charge on any atom is -0.344 e. The van der Waals surface area contributed by atoms with Gasteiger partial charge in [-0.3, -0.25) is 9.20 Å². The zero-order chi connectivity index (χ0) is 16.0. The number of nitrogens with zero attached hydrogens (tertiary/aromatic N) is 2. The van der Waals surface area contributed by atoms with Crippen LogP contribution in [0.4, 0.5) is 0 Å². The largest absolute Gasteiger partial charge is 0.344 e. The molecule has 0 spiro atoms. The monoisotopic (exact) mass is 369 g/mol. The number of halogens is 1. The highest BCUT2D eigenvalue weighted by Gasteiger charge is 2.25. The molecule has 1 aromatic carbocycles. The van der Waals surface area contributed by atoms with Crippen molar-refractivity contribution in [3.8, 4) is 0 Å². The van der Waals surface area contributed by atoms with Crippen molar-refractivity contribution in [2.75, 3.05) is 0 Å². The van der Waals surface area contributed by atoms with E-state index in [9.17, 15) is 4.79 Å². The summed E-state index contributed by atoms with van der Waals surface area (Å²) in [7, 11) is 0. The molecule has 0 bridgehead atoms. The van der Waals surface area contributed by atoms with Crippen LogP contribution in [0.25, 0.3) is 5.65 Å². The van der Waals surface area contributed by atoms with Gasteiger partial charge in [0.05, 0.1) is 12.2 Å². The fraction of sp³-hybridized carbons (Fsp3) is 0.222. The van der Waals surface area contributed by atoms with Crippen molar-refractivity contribution in [2.45, 2.75) is 25.8 Å². The van der Waals surface area contributed by atoms with Gasteiger partial charge in [-0.25, -0.2) is 4.98 Å². The van der Waals surface area contributed by atoms with Gasteiger partial charge >= 0.3 is 0 Å². The first kappa shape index (κ1) is 14.5. The third-order valence-corrected chi connectivity index (χ3v) is 4.87. The fourth-order valence-corrected chi connectivity index (χ4v) is 3.63. The van der Waals surface area contributed by atoms with E-state index in [1.54, 1.807) is 6.20 Å². The Labute approximate surface area is 142 Å². The number of fused-ring (bicyclic) bond motifs is 2. The van der Waals surface area contributed by atoms with Gasteiger partial charge < -0.3 is 5.32 Å². The van der Waals surface area contributed by atoms with Gasteiger partial charge in [0.15, 0.2) is 0 Å². The van der Waals surface area contributed by atoms with E-state index in [4.69, 9.17) is 0 Å². The minimum absolute atomic E-state index is 0.0703. The average Bonchev–Trinajstić information content (AvgIpc) is 3.11. The number of hydrogen-bond acceptors (Lipinski definition) is 2. The second-order valence-electron chi connectivity index (χ2n) is 5.99. The quantitative estimate of drug-likeness (QED) is 0.746. The minimum atomic E-state index is -0.0798. The summed E-state index contributed by atoms with van der Waals surface area (Å²) in [6, 6.07) is 10.3. The van der Waals surface area contributed by atoms with Crippen LogP contribution in [-0.4, -0.2) is 15.3 Å². The molecule has 3 aromatic rings. The van der Waals surface area contributed by atoms with Crippen molar-refractivity contribution in [3.63, 3.8) is 0 Å². The van der Waals surface area contributed by atoms with Crippen LogP contribution in [0.1, 0.15) is 39.6 Å². The molecule has 0 radical (unpaired) electrons. The zero-order valence-electron chi connectivity index (χ0n) is 12.7. The number of carbonyl (C=O) groups is 1. The summed E-state index contributed by atoms with van der Waals surface area (Å²) in [6.45, 7) is 2.01. The molecule has 23 heavy (non-hydrogen) atoms. The van der Waals surface area contributed by atoms with Crippen LogP contribution in [0, 0.1) is 6.92 Å². The molecule has 0 saturated heterocycles. The number of rotatable bonds is 2. The molecule has 116 valence electrons. The third kappa shape index (κ3) is 2.55. The molecule has 1 aliphatic rings. The lowest BCUT2D eigenvalue weighted by Gasteiger charge is -2.14. The molecule has 1 N–H and O–H groups in total. The molecule has 0 unspecified atom stereocenters. The van der Waals surface area contributed by atoms with Crippen LogP contribution >= 0.6 is 15.9 Å². The Morgan fingerprint density at radius 3 is 3.09 bits per heavy atom. The number of carbonyl (C=O) groups excluding carboxylic acids is 1. The van der Waals surface area contributed by atoms with Crippen molar-refractivity contribution >= 4 is 27.5 Å². The van der Waals surface area contributed by atoms with Gasteiger partial charge in [0.2, 0.25) is 0 Å². The van der Waals surface area contributed by atoms with E-state index < -0.39 is 0 Å². The van der Waals surface area contributed by atoms with E-state index in [2.05, 4.69) is 38.4 Å². The van der Waals surface area contributed by atoms with E-state index in [-0.39, 0.29) is 11.9 Å². The van der Waals surface area contributed by atoms with Crippen LogP contribution in [0.15, 0.2) is 47.2 Å². The summed E-state index contributed by atoms with van der Waals surface area (Å²) in [4.78, 5) is 17.0. The van der Waals surface area contributed by atoms with Crippen LogP contribution in [0.3, 0.4) is 0 Å². The Hall–Kier alpha value is -2.14. The molecule has 1 atom stereocenters. The highest BCUT2D eigenvalue weighted by atomic mass is 79.9. The van der Waals surface area contributed by atoms with E-state index in [0.29, 0.717) is 5.69 Å². The van der Waals surface area contributed by atoms with Crippen molar-refractivity contribution in [3.05, 3.63) is 69.6 Å². The molecule has 1 aliphatic carbocycles. The highest BCUT2D eigenvalue weighted by Crippen LogP contribution is 2.33. The summed E-state index contributed by atoms with van der Waals surface area (Å²) < 4.78 is 2.93. The number of imidazole rings is 1. The van der Waals surface area contributed by atoms with E-state index in [1.807, 2.05) is 35.7 Å². The number of hydrogen-bond donors (Lipinski definition) is 1. The standard InChI is InChI=1S/C18H16BrN3O/c1-11-2-7-17-20-9-16(22(17)10-11)18(23)21-15-6-3-12-8-13(19)4-5-14(12)15/h2,4-5,7-10,15H,3,6H2,1H3,(H,21,23)/t15-/m1/s1. The van der Waals surface area contributed by atoms with Gasteiger partial charge in [0, 0.05) is 10.7 Å². The van der Waals surface area contributed by atoms with Crippen LogP contribution in [0.5, 0.6) is 0 Å².